The third-order valence-electron chi connectivity index (χ3n) is 5.36. The molecule has 0 spiro atoms. The number of phenolic OH excluding ortho intramolecular Hbond substituents is 1. The molecular weight excluding hydrogens is 282 g/mol. The molecule has 130 valence electrons. The zero-order valence-electron chi connectivity index (χ0n) is 16.1. The van der Waals surface area contributed by atoms with Gasteiger partial charge in [0.2, 0.25) is 0 Å². The van der Waals surface area contributed by atoms with Crippen molar-refractivity contribution in [3.8, 4) is 5.75 Å². The summed E-state index contributed by atoms with van der Waals surface area (Å²) in [5.74, 6) is 1.13. The predicted molar refractivity (Wildman–Crippen MR) is 99.6 cm³/mol. The number of aromatic hydroxyl groups is 1. The summed E-state index contributed by atoms with van der Waals surface area (Å²) in [6.07, 6.45) is 4.97. The summed E-state index contributed by atoms with van der Waals surface area (Å²) in [6, 6.07) is 5.22. The summed E-state index contributed by atoms with van der Waals surface area (Å²) in [6.45, 7) is 13.1. The maximum absolute atomic E-state index is 10.9. The lowest BCUT2D eigenvalue weighted by Crippen LogP contribution is -2.29. The van der Waals surface area contributed by atoms with E-state index in [0.717, 1.165) is 11.1 Å². The van der Waals surface area contributed by atoms with Crippen LogP contribution in [0.4, 0.5) is 0 Å². The van der Waals surface area contributed by atoms with E-state index >= 15 is 0 Å². The van der Waals surface area contributed by atoms with Crippen LogP contribution in [0.1, 0.15) is 89.8 Å². The molecule has 1 saturated carbocycles. The number of hydrogen-bond acceptors (Lipinski definition) is 2. The van der Waals surface area contributed by atoms with Crippen molar-refractivity contribution in [2.75, 3.05) is 7.05 Å². The molecule has 2 rings (SSSR count). The lowest BCUT2D eigenvalue weighted by Gasteiger charge is -2.32. The van der Waals surface area contributed by atoms with Crippen molar-refractivity contribution >= 4 is 0 Å². The predicted octanol–water partition coefficient (Wildman–Crippen LogP) is 5.23. The number of rotatable bonds is 2. The van der Waals surface area contributed by atoms with Crippen LogP contribution in [0.3, 0.4) is 0 Å². The molecule has 0 amide bonds. The van der Waals surface area contributed by atoms with E-state index in [9.17, 15) is 5.11 Å². The first kappa shape index (κ1) is 18.3. The largest absolute Gasteiger partial charge is 0.507 e. The van der Waals surface area contributed by atoms with Crippen molar-refractivity contribution in [2.45, 2.75) is 90.0 Å². The highest BCUT2D eigenvalue weighted by Crippen LogP contribution is 2.43. The normalized spacial score (nSPS) is 23.1. The van der Waals surface area contributed by atoms with Crippen molar-refractivity contribution in [1.82, 2.24) is 5.32 Å². The molecule has 1 aromatic carbocycles. The minimum atomic E-state index is -0.0394. The quantitative estimate of drug-likeness (QED) is 0.782. The van der Waals surface area contributed by atoms with Gasteiger partial charge in [0, 0.05) is 6.04 Å². The van der Waals surface area contributed by atoms with Gasteiger partial charge in [-0.15, -0.1) is 0 Å². The SMILES string of the molecule is CNC1CCC(c2cc(C(C)(C)C)c(O)c(C(C)(C)C)c2)CC1. The van der Waals surface area contributed by atoms with E-state index in [0.29, 0.717) is 17.7 Å². The van der Waals surface area contributed by atoms with Gasteiger partial charge < -0.3 is 10.4 Å². The average Bonchev–Trinajstić information content (AvgIpc) is 2.45. The first-order valence-corrected chi connectivity index (χ1v) is 9.09. The second kappa shape index (κ2) is 6.47. The van der Waals surface area contributed by atoms with E-state index in [1.54, 1.807) is 0 Å². The fourth-order valence-corrected chi connectivity index (χ4v) is 3.75. The Morgan fingerprint density at radius 3 is 1.65 bits per heavy atom. The van der Waals surface area contributed by atoms with Crippen LogP contribution in [0.2, 0.25) is 0 Å². The molecule has 1 aliphatic carbocycles. The summed E-state index contributed by atoms with van der Waals surface area (Å²) < 4.78 is 0. The van der Waals surface area contributed by atoms with Crippen LogP contribution in [-0.2, 0) is 10.8 Å². The molecule has 1 aliphatic rings. The average molecular weight is 318 g/mol. The van der Waals surface area contributed by atoms with Crippen LogP contribution >= 0.6 is 0 Å². The van der Waals surface area contributed by atoms with Gasteiger partial charge in [-0.3, -0.25) is 0 Å². The fourth-order valence-electron chi connectivity index (χ4n) is 3.75. The molecule has 2 N–H and O–H groups in total. The van der Waals surface area contributed by atoms with Crippen LogP contribution in [-0.4, -0.2) is 18.2 Å². The van der Waals surface area contributed by atoms with Crippen molar-refractivity contribution in [1.29, 1.82) is 0 Å². The van der Waals surface area contributed by atoms with Gasteiger partial charge in [0.1, 0.15) is 5.75 Å². The van der Waals surface area contributed by atoms with E-state index in [-0.39, 0.29) is 10.8 Å². The monoisotopic (exact) mass is 317 g/mol. The second-order valence-electron chi connectivity index (χ2n) is 9.30. The number of phenols is 1. The van der Waals surface area contributed by atoms with Crippen molar-refractivity contribution in [3.63, 3.8) is 0 Å². The second-order valence-corrected chi connectivity index (χ2v) is 9.30. The zero-order valence-corrected chi connectivity index (χ0v) is 16.1. The van der Waals surface area contributed by atoms with Crippen molar-refractivity contribution < 1.29 is 5.11 Å². The van der Waals surface area contributed by atoms with Gasteiger partial charge in [-0.25, -0.2) is 0 Å². The molecule has 0 aromatic heterocycles. The minimum absolute atomic E-state index is 0.0394. The maximum Gasteiger partial charge on any atom is 0.123 e. The standard InChI is InChI=1S/C21H35NO/c1-20(2,3)17-12-15(13-18(19(17)23)21(4,5)6)14-8-10-16(22-7)11-9-14/h12-14,16,22-23H,8-11H2,1-7H3. The molecule has 2 nitrogen and oxygen atoms in total. The molecule has 0 aliphatic heterocycles. The Labute approximate surface area is 142 Å². The van der Waals surface area contributed by atoms with Gasteiger partial charge in [-0.1, -0.05) is 53.7 Å². The summed E-state index contributed by atoms with van der Waals surface area (Å²) >= 11 is 0. The highest BCUT2D eigenvalue weighted by molar-refractivity contribution is 5.50. The molecule has 1 aromatic rings. The molecule has 0 heterocycles. The maximum atomic E-state index is 10.9. The third-order valence-corrected chi connectivity index (χ3v) is 5.36. The first-order valence-electron chi connectivity index (χ1n) is 9.09. The lowest BCUT2D eigenvalue weighted by atomic mass is 9.74. The van der Waals surface area contributed by atoms with Gasteiger partial charge in [-0.2, -0.15) is 0 Å². The first-order chi connectivity index (χ1) is 10.5. The summed E-state index contributed by atoms with van der Waals surface area (Å²) in [5, 5.41) is 14.3. The highest BCUT2D eigenvalue weighted by Gasteiger charge is 2.29. The van der Waals surface area contributed by atoms with Crippen molar-refractivity contribution in [2.24, 2.45) is 0 Å². The summed E-state index contributed by atoms with van der Waals surface area (Å²) in [4.78, 5) is 0. The zero-order chi connectivity index (χ0) is 17.4. The Bertz CT molecular complexity index is 505. The van der Waals surface area contributed by atoms with E-state index in [2.05, 4.69) is 66.0 Å². The Balaban J connectivity index is 2.44. The van der Waals surface area contributed by atoms with E-state index in [1.165, 1.54) is 31.2 Å². The van der Waals surface area contributed by atoms with Gasteiger partial charge in [0.25, 0.3) is 0 Å². The Kier molecular flexibility index (Phi) is 5.15. The molecular formula is C21H35NO. The molecule has 2 heteroatoms. The van der Waals surface area contributed by atoms with Gasteiger partial charge in [0.15, 0.2) is 0 Å². The van der Waals surface area contributed by atoms with Crippen molar-refractivity contribution in [3.05, 3.63) is 28.8 Å². The van der Waals surface area contributed by atoms with Gasteiger partial charge >= 0.3 is 0 Å². The van der Waals surface area contributed by atoms with Crippen LogP contribution in [0.25, 0.3) is 0 Å². The van der Waals surface area contributed by atoms with Crippen LogP contribution in [0.5, 0.6) is 5.75 Å². The molecule has 0 saturated heterocycles. The van der Waals surface area contributed by atoms with Crippen LogP contribution in [0, 0.1) is 0 Å². The fraction of sp³-hybridized carbons (Fsp3) is 0.714. The summed E-state index contributed by atoms with van der Waals surface area (Å²) in [7, 11) is 2.07. The van der Waals surface area contributed by atoms with Crippen LogP contribution in [0.15, 0.2) is 12.1 Å². The van der Waals surface area contributed by atoms with Gasteiger partial charge in [0.05, 0.1) is 0 Å². The Morgan fingerprint density at radius 1 is 0.870 bits per heavy atom. The highest BCUT2D eigenvalue weighted by atomic mass is 16.3. The van der Waals surface area contributed by atoms with E-state index < -0.39 is 0 Å². The van der Waals surface area contributed by atoms with E-state index in [1.807, 2.05) is 0 Å². The summed E-state index contributed by atoms with van der Waals surface area (Å²) in [5.41, 5.74) is 3.53. The molecule has 0 atom stereocenters. The molecule has 0 unspecified atom stereocenters. The molecule has 1 fully saturated rings. The number of benzene rings is 1. The molecule has 0 bridgehead atoms. The van der Waals surface area contributed by atoms with Gasteiger partial charge in [-0.05, 0) is 66.2 Å². The van der Waals surface area contributed by atoms with E-state index in [4.69, 9.17) is 0 Å². The lowest BCUT2D eigenvalue weighted by molar-refractivity contribution is 0.357. The topological polar surface area (TPSA) is 32.3 Å². The molecule has 23 heavy (non-hydrogen) atoms. The third kappa shape index (κ3) is 4.09. The Morgan fingerprint density at radius 2 is 1.30 bits per heavy atom. The minimum Gasteiger partial charge on any atom is -0.507 e. The molecule has 0 radical (unpaired) electrons. The van der Waals surface area contributed by atoms with Crippen LogP contribution < -0.4 is 5.32 Å². The smallest absolute Gasteiger partial charge is 0.123 e. The Hall–Kier alpha value is -1.02. The number of nitrogens with one attached hydrogen (secondary N) is 1. The number of hydrogen-bond donors (Lipinski definition) is 2.